The normalized spacial score (nSPS) is 8.80. The van der Waals surface area contributed by atoms with Crippen LogP contribution in [-0.4, -0.2) is 12.0 Å². The summed E-state index contributed by atoms with van der Waals surface area (Å²) in [5, 5.41) is 0. The van der Waals surface area contributed by atoms with Gasteiger partial charge in [-0.05, 0) is 17.7 Å². The lowest BCUT2D eigenvalue weighted by Gasteiger charge is -2.02. The molecule has 15 heavy (non-hydrogen) atoms. The van der Waals surface area contributed by atoms with Crippen LogP contribution in [0.5, 0.6) is 5.75 Å². The number of isocyanates is 1. The first kappa shape index (κ1) is 10.9. The minimum Gasteiger partial charge on any atom is -0.423 e. The third-order valence-corrected chi connectivity index (χ3v) is 1.61. The number of aliphatic imine (C=N–C) groups is 1. The number of benzene rings is 1. The summed E-state index contributed by atoms with van der Waals surface area (Å²) < 4.78 is 4.89. The first-order chi connectivity index (χ1) is 7.26. The number of carbonyl (C=O) groups is 1. The van der Waals surface area contributed by atoms with Gasteiger partial charge in [-0.3, -0.25) is 0 Å². The van der Waals surface area contributed by atoms with Crippen LogP contribution in [0, 0.1) is 0 Å². The Bertz CT molecular complexity index is 420. The van der Waals surface area contributed by atoms with Crippen LogP contribution in [0.1, 0.15) is 5.56 Å². The molecule has 0 heterocycles. The Morgan fingerprint density at radius 1 is 1.60 bits per heavy atom. The van der Waals surface area contributed by atoms with Gasteiger partial charge in [0.25, 0.3) is 0 Å². The first-order valence-electron chi connectivity index (χ1n) is 4.23. The summed E-state index contributed by atoms with van der Waals surface area (Å²) >= 11 is 0. The van der Waals surface area contributed by atoms with Crippen molar-refractivity contribution in [3.8, 4) is 5.75 Å². The molecule has 0 saturated carbocycles. The van der Waals surface area contributed by atoms with E-state index in [1.807, 2.05) is 0 Å². The van der Waals surface area contributed by atoms with Crippen LogP contribution in [-0.2, 0) is 16.1 Å². The quantitative estimate of drug-likeness (QED) is 0.245. The lowest BCUT2D eigenvalue weighted by Crippen LogP contribution is -2.03. The van der Waals surface area contributed by atoms with Crippen LogP contribution in [0.15, 0.2) is 41.9 Å². The molecule has 0 fully saturated rings. The van der Waals surface area contributed by atoms with E-state index in [9.17, 15) is 9.59 Å². The summed E-state index contributed by atoms with van der Waals surface area (Å²) in [4.78, 5) is 24.2. The standard InChI is InChI=1S/C11H9NO3/c1-2-11(14)15-10-5-3-4-9(6-10)7-12-8-13/h2-6H,1,7H2. The third kappa shape index (κ3) is 3.58. The number of nitrogens with zero attached hydrogens (tertiary/aromatic N) is 1. The molecule has 0 amide bonds. The average molecular weight is 203 g/mol. The highest BCUT2D eigenvalue weighted by atomic mass is 16.5. The summed E-state index contributed by atoms with van der Waals surface area (Å²) in [6.07, 6.45) is 2.52. The molecular weight excluding hydrogens is 194 g/mol. The molecule has 76 valence electrons. The molecule has 0 unspecified atom stereocenters. The van der Waals surface area contributed by atoms with Gasteiger partial charge >= 0.3 is 5.97 Å². The fraction of sp³-hybridized carbons (Fsp3) is 0.0909. The fourth-order valence-corrected chi connectivity index (χ4v) is 0.989. The van der Waals surface area contributed by atoms with Gasteiger partial charge in [-0.1, -0.05) is 18.7 Å². The van der Waals surface area contributed by atoms with Crippen molar-refractivity contribution in [2.24, 2.45) is 4.99 Å². The smallest absolute Gasteiger partial charge is 0.335 e. The van der Waals surface area contributed by atoms with E-state index in [0.29, 0.717) is 5.75 Å². The Labute approximate surface area is 86.9 Å². The highest BCUT2D eigenvalue weighted by Crippen LogP contribution is 2.14. The van der Waals surface area contributed by atoms with Gasteiger partial charge < -0.3 is 4.74 Å². The van der Waals surface area contributed by atoms with Crippen LogP contribution < -0.4 is 4.74 Å². The van der Waals surface area contributed by atoms with Crippen LogP contribution in [0.25, 0.3) is 0 Å². The lowest BCUT2D eigenvalue weighted by atomic mass is 10.2. The molecule has 0 aliphatic heterocycles. The van der Waals surface area contributed by atoms with Crippen molar-refractivity contribution in [1.82, 2.24) is 0 Å². The molecule has 4 nitrogen and oxygen atoms in total. The van der Waals surface area contributed by atoms with E-state index in [1.54, 1.807) is 24.3 Å². The van der Waals surface area contributed by atoms with Crippen molar-refractivity contribution in [1.29, 1.82) is 0 Å². The number of carbonyl (C=O) groups excluding carboxylic acids is 2. The van der Waals surface area contributed by atoms with E-state index in [1.165, 1.54) is 6.08 Å². The highest BCUT2D eigenvalue weighted by Gasteiger charge is 2.00. The number of hydrogen-bond acceptors (Lipinski definition) is 4. The molecule has 1 aromatic rings. The average Bonchev–Trinajstić information content (AvgIpc) is 2.26. The van der Waals surface area contributed by atoms with Gasteiger partial charge in [-0.15, -0.1) is 0 Å². The zero-order valence-corrected chi connectivity index (χ0v) is 7.97. The molecule has 1 rings (SSSR count). The van der Waals surface area contributed by atoms with Gasteiger partial charge in [0, 0.05) is 6.08 Å². The maximum Gasteiger partial charge on any atom is 0.335 e. The molecule has 0 aromatic heterocycles. The maximum atomic E-state index is 10.9. The van der Waals surface area contributed by atoms with Gasteiger partial charge in [0.05, 0.1) is 6.54 Å². The molecule has 0 atom stereocenters. The molecule has 1 aromatic carbocycles. The molecule has 0 spiro atoms. The van der Waals surface area contributed by atoms with Gasteiger partial charge in [0.15, 0.2) is 0 Å². The van der Waals surface area contributed by atoms with Crippen LogP contribution in [0.4, 0.5) is 0 Å². The van der Waals surface area contributed by atoms with E-state index in [-0.39, 0.29) is 6.54 Å². The zero-order chi connectivity index (χ0) is 11.1. The Hall–Kier alpha value is -2.19. The predicted molar refractivity (Wildman–Crippen MR) is 54.1 cm³/mol. The Kier molecular flexibility index (Phi) is 4.01. The zero-order valence-electron chi connectivity index (χ0n) is 7.97. The van der Waals surface area contributed by atoms with Crippen LogP contribution in [0.2, 0.25) is 0 Å². The Morgan fingerprint density at radius 3 is 3.07 bits per heavy atom. The predicted octanol–water partition coefficient (Wildman–Crippen LogP) is 1.61. The number of hydrogen-bond donors (Lipinski definition) is 0. The number of ether oxygens (including phenoxy) is 1. The topological polar surface area (TPSA) is 55.7 Å². The Morgan fingerprint density at radius 2 is 2.40 bits per heavy atom. The first-order valence-corrected chi connectivity index (χ1v) is 4.23. The van der Waals surface area contributed by atoms with E-state index in [0.717, 1.165) is 11.6 Å². The van der Waals surface area contributed by atoms with E-state index in [4.69, 9.17) is 4.74 Å². The molecule has 0 saturated heterocycles. The van der Waals surface area contributed by atoms with Gasteiger partial charge in [0.2, 0.25) is 6.08 Å². The molecular formula is C11H9NO3. The molecule has 0 aliphatic rings. The SMILES string of the molecule is C=CC(=O)Oc1cccc(CN=C=O)c1. The van der Waals surface area contributed by atoms with Crippen molar-refractivity contribution < 1.29 is 14.3 Å². The summed E-state index contributed by atoms with van der Waals surface area (Å²) in [6, 6.07) is 6.74. The van der Waals surface area contributed by atoms with Gasteiger partial charge in [0.1, 0.15) is 5.75 Å². The van der Waals surface area contributed by atoms with Crippen LogP contribution in [0.3, 0.4) is 0 Å². The Balaban J connectivity index is 2.77. The van der Waals surface area contributed by atoms with Crippen molar-refractivity contribution in [2.75, 3.05) is 0 Å². The van der Waals surface area contributed by atoms with E-state index < -0.39 is 5.97 Å². The second kappa shape index (κ2) is 5.52. The monoisotopic (exact) mass is 203 g/mol. The summed E-state index contributed by atoms with van der Waals surface area (Å²) in [5.74, 6) is -0.121. The fourth-order valence-electron chi connectivity index (χ4n) is 0.989. The second-order valence-electron chi connectivity index (χ2n) is 2.68. The summed E-state index contributed by atoms with van der Waals surface area (Å²) in [5.41, 5.74) is 0.771. The molecule has 4 heteroatoms. The molecule has 0 radical (unpaired) electrons. The highest BCUT2D eigenvalue weighted by molar-refractivity contribution is 5.83. The van der Waals surface area contributed by atoms with Gasteiger partial charge in [-0.25, -0.2) is 14.6 Å². The summed E-state index contributed by atoms with van der Waals surface area (Å²) in [6.45, 7) is 3.51. The largest absolute Gasteiger partial charge is 0.423 e. The third-order valence-electron chi connectivity index (χ3n) is 1.61. The maximum absolute atomic E-state index is 10.9. The molecule has 0 bridgehead atoms. The molecule has 0 aliphatic carbocycles. The van der Waals surface area contributed by atoms with Gasteiger partial charge in [-0.2, -0.15) is 0 Å². The lowest BCUT2D eigenvalue weighted by molar-refractivity contribution is -0.128. The summed E-state index contributed by atoms with van der Waals surface area (Å²) in [7, 11) is 0. The van der Waals surface area contributed by atoms with Crippen molar-refractivity contribution in [3.05, 3.63) is 42.5 Å². The van der Waals surface area contributed by atoms with E-state index >= 15 is 0 Å². The van der Waals surface area contributed by atoms with Crippen molar-refractivity contribution in [3.63, 3.8) is 0 Å². The van der Waals surface area contributed by atoms with Crippen molar-refractivity contribution in [2.45, 2.75) is 6.54 Å². The van der Waals surface area contributed by atoms with E-state index in [2.05, 4.69) is 11.6 Å². The number of rotatable bonds is 4. The number of esters is 1. The second-order valence-corrected chi connectivity index (χ2v) is 2.68. The minimum absolute atomic E-state index is 0.225. The molecule has 0 N–H and O–H groups in total. The van der Waals surface area contributed by atoms with Crippen molar-refractivity contribution >= 4 is 12.0 Å². The minimum atomic E-state index is -0.522. The van der Waals surface area contributed by atoms with Crippen LogP contribution >= 0.6 is 0 Å².